The third-order valence-electron chi connectivity index (χ3n) is 4.62. The molecule has 0 saturated carbocycles. The number of sulfonamides is 1. The van der Waals surface area contributed by atoms with Gasteiger partial charge in [-0.3, -0.25) is 9.52 Å². The molecule has 0 unspecified atom stereocenters. The highest BCUT2D eigenvalue weighted by atomic mass is 35.5. The molecule has 1 N–H and O–H groups in total. The van der Waals surface area contributed by atoms with Crippen molar-refractivity contribution < 1.29 is 13.2 Å². The lowest BCUT2D eigenvalue weighted by Crippen LogP contribution is -2.26. The number of nitrogens with one attached hydrogen (secondary N) is 1. The Morgan fingerprint density at radius 3 is 2.50 bits per heavy atom. The molecule has 1 atom stereocenters. The van der Waals surface area contributed by atoms with E-state index in [9.17, 15) is 13.2 Å². The summed E-state index contributed by atoms with van der Waals surface area (Å²) >= 11 is 7.81. The first-order valence-electron chi connectivity index (χ1n) is 9.09. The van der Waals surface area contributed by atoms with Crippen molar-refractivity contribution in [3.63, 3.8) is 0 Å². The van der Waals surface area contributed by atoms with Crippen molar-refractivity contribution in [2.24, 2.45) is 5.10 Å². The maximum absolute atomic E-state index is 13.2. The third-order valence-corrected chi connectivity index (χ3v) is 6.53. The molecule has 1 aliphatic rings. The van der Waals surface area contributed by atoms with Gasteiger partial charge in [-0.05, 0) is 41.3 Å². The summed E-state index contributed by atoms with van der Waals surface area (Å²) in [6.07, 6.45) is 1.65. The summed E-state index contributed by atoms with van der Waals surface area (Å²) in [7, 11) is -3.35. The van der Waals surface area contributed by atoms with Crippen molar-refractivity contribution in [1.82, 2.24) is 5.01 Å². The van der Waals surface area contributed by atoms with Gasteiger partial charge in [0.05, 0.1) is 28.6 Å². The lowest BCUT2D eigenvalue weighted by Gasteiger charge is -2.21. The number of halogens is 1. The van der Waals surface area contributed by atoms with Gasteiger partial charge in [-0.15, -0.1) is 11.3 Å². The molecule has 1 amide bonds. The van der Waals surface area contributed by atoms with Gasteiger partial charge in [0.15, 0.2) is 0 Å². The van der Waals surface area contributed by atoms with E-state index >= 15 is 0 Å². The number of carbonyl (C=O) groups excluding carboxylic acids is 1. The zero-order valence-corrected chi connectivity index (χ0v) is 18.3. The molecule has 1 aliphatic heterocycles. The predicted molar refractivity (Wildman–Crippen MR) is 121 cm³/mol. The molecule has 0 fully saturated rings. The SMILES string of the molecule is CS(=O)(=O)Nc1ccc(C2=NN(C(=O)c3ccccc3Cl)[C@H](c3cccs3)C2)cc1. The standard InChI is InChI=1S/C21H18ClN3O3S2/c1-30(27,28)24-15-10-8-14(9-11-15)18-13-19(20-7-4-12-29-20)25(23-18)21(26)16-5-2-3-6-17(16)22/h2-12,19,24H,13H2,1H3/t19-/m0/s1. The smallest absolute Gasteiger partial charge is 0.276 e. The van der Waals surface area contributed by atoms with Gasteiger partial charge in [0.1, 0.15) is 0 Å². The number of hydrogen-bond acceptors (Lipinski definition) is 5. The molecule has 0 spiro atoms. The predicted octanol–water partition coefficient (Wildman–Crippen LogP) is 4.76. The highest BCUT2D eigenvalue weighted by Gasteiger charge is 2.34. The number of hydrogen-bond donors (Lipinski definition) is 1. The molecule has 0 aliphatic carbocycles. The maximum Gasteiger partial charge on any atom is 0.276 e. The van der Waals surface area contributed by atoms with Crippen LogP contribution in [0.4, 0.5) is 5.69 Å². The normalized spacial score (nSPS) is 16.4. The highest BCUT2D eigenvalue weighted by molar-refractivity contribution is 7.92. The highest BCUT2D eigenvalue weighted by Crippen LogP contribution is 2.37. The molecule has 2 heterocycles. The fraction of sp³-hybridized carbons (Fsp3) is 0.143. The molecule has 4 rings (SSSR count). The number of benzene rings is 2. The fourth-order valence-electron chi connectivity index (χ4n) is 3.28. The van der Waals surface area contributed by atoms with E-state index in [2.05, 4.69) is 9.82 Å². The Morgan fingerprint density at radius 1 is 1.13 bits per heavy atom. The van der Waals surface area contributed by atoms with Crippen LogP contribution < -0.4 is 4.72 Å². The van der Waals surface area contributed by atoms with Gasteiger partial charge in [-0.1, -0.05) is 41.9 Å². The Balaban J connectivity index is 1.67. The second-order valence-electron chi connectivity index (χ2n) is 6.86. The van der Waals surface area contributed by atoms with Gasteiger partial charge in [0, 0.05) is 17.0 Å². The van der Waals surface area contributed by atoms with Crippen LogP contribution in [0, 0.1) is 0 Å². The third kappa shape index (κ3) is 4.40. The van der Waals surface area contributed by atoms with Crippen molar-refractivity contribution >= 4 is 50.3 Å². The van der Waals surface area contributed by atoms with Crippen LogP contribution in [0.2, 0.25) is 5.02 Å². The minimum absolute atomic E-state index is 0.224. The molecule has 3 aromatic rings. The number of thiophene rings is 1. The van der Waals surface area contributed by atoms with E-state index in [0.29, 0.717) is 22.7 Å². The summed E-state index contributed by atoms with van der Waals surface area (Å²) in [6.45, 7) is 0. The van der Waals surface area contributed by atoms with E-state index in [1.807, 2.05) is 17.5 Å². The van der Waals surface area contributed by atoms with E-state index in [1.165, 1.54) is 5.01 Å². The van der Waals surface area contributed by atoms with Crippen LogP contribution in [0.1, 0.15) is 33.3 Å². The number of anilines is 1. The van der Waals surface area contributed by atoms with Gasteiger partial charge in [0.2, 0.25) is 10.0 Å². The van der Waals surface area contributed by atoms with Gasteiger partial charge < -0.3 is 0 Å². The molecule has 2 aromatic carbocycles. The molecule has 0 bridgehead atoms. The molecule has 154 valence electrons. The minimum Gasteiger partial charge on any atom is -0.284 e. The lowest BCUT2D eigenvalue weighted by molar-refractivity contribution is 0.0714. The van der Waals surface area contributed by atoms with Gasteiger partial charge in [-0.2, -0.15) is 5.10 Å². The van der Waals surface area contributed by atoms with Crippen LogP contribution in [-0.2, 0) is 10.0 Å². The van der Waals surface area contributed by atoms with Crippen LogP contribution >= 0.6 is 22.9 Å². The molecule has 1 aromatic heterocycles. The monoisotopic (exact) mass is 459 g/mol. The largest absolute Gasteiger partial charge is 0.284 e. The van der Waals surface area contributed by atoms with Crippen LogP contribution in [-0.4, -0.2) is 31.3 Å². The van der Waals surface area contributed by atoms with Gasteiger partial charge >= 0.3 is 0 Å². The number of nitrogens with zero attached hydrogens (tertiary/aromatic N) is 2. The van der Waals surface area contributed by atoms with Crippen LogP contribution in [0.5, 0.6) is 0 Å². The number of carbonyl (C=O) groups is 1. The first-order chi connectivity index (χ1) is 14.3. The quantitative estimate of drug-likeness (QED) is 0.597. The van der Waals surface area contributed by atoms with E-state index in [1.54, 1.807) is 59.9 Å². The fourth-order valence-corrected chi connectivity index (χ4v) is 4.87. The van der Waals surface area contributed by atoms with E-state index < -0.39 is 10.0 Å². The first kappa shape index (κ1) is 20.6. The molecular formula is C21H18ClN3O3S2. The van der Waals surface area contributed by atoms with Crippen molar-refractivity contribution in [2.45, 2.75) is 12.5 Å². The Morgan fingerprint density at radius 2 is 1.87 bits per heavy atom. The Labute approximate surface area is 183 Å². The Kier molecular flexibility index (Phi) is 5.64. The van der Waals surface area contributed by atoms with E-state index in [0.717, 1.165) is 22.4 Å². The second-order valence-corrected chi connectivity index (χ2v) is 10.00. The number of amides is 1. The molecule has 6 nitrogen and oxygen atoms in total. The van der Waals surface area contributed by atoms with Gasteiger partial charge in [0.25, 0.3) is 5.91 Å². The zero-order chi connectivity index (χ0) is 21.3. The summed E-state index contributed by atoms with van der Waals surface area (Å²) in [4.78, 5) is 14.3. The molecular weight excluding hydrogens is 442 g/mol. The molecule has 0 saturated heterocycles. The summed E-state index contributed by atoms with van der Waals surface area (Å²) in [5.74, 6) is -0.260. The van der Waals surface area contributed by atoms with E-state index in [-0.39, 0.29) is 11.9 Å². The summed E-state index contributed by atoms with van der Waals surface area (Å²) < 4.78 is 25.3. The number of hydrazone groups is 1. The van der Waals surface area contributed by atoms with E-state index in [4.69, 9.17) is 11.6 Å². The van der Waals surface area contributed by atoms with Crippen LogP contribution in [0.15, 0.2) is 71.1 Å². The lowest BCUT2D eigenvalue weighted by atomic mass is 10.0. The van der Waals surface area contributed by atoms with Crippen LogP contribution in [0.3, 0.4) is 0 Å². The van der Waals surface area contributed by atoms with Crippen molar-refractivity contribution in [3.8, 4) is 0 Å². The Hall–Kier alpha value is -2.68. The summed E-state index contributed by atoms with van der Waals surface area (Å²) in [5.41, 5.74) is 2.45. The average molecular weight is 460 g/mol. The zero-order valence-electron chi connectivity index (χ0n) is 15.9. The number of rotatable bonds is 5. The Bertz CT molecular complexity index is 1210. The van der Waals surface area contributed by atoms with Crippen molar-refractivity contribution in [3.05, 3.63) is 87.1 Å². The van der Waals surface area contributed by atoms with Gasteiger partial charge in [-0.25, -0.2) is 13.4 Å². The molecule has 30 heavy (non-hydrogen) atoms. The summed E-state index contributed by atoms with van der Waals surface area (Å²) in [5, 5.41) is 8.47. The summed E-state index contributed by atoms with van der Waals surface area (Å²) in [6, 6.07) is 17.6. The van der Waals surface area contributed by atoms with Crippen molar-refractivity contribution in [2.75, 3.05) is 11.0 Å². The molecule has 0 radical (unpaired) electrons. The minimum atomic E-state index is -3.35. The molecule has 9 heteroatoms. The van der Waals surface area contributed by atoms with Crippen LogP contribution in [0.25, 0.3) is 0 Å². The topological polar surface area (TPSA) is 78.8 Å². The average Bonchev–Trinajstić information content (AvgIpc) is 3.37. The second kappa shape index (κ2) is 8.22. The maximum atomic E-state index is 13.2. The first-order valence-corrected chi connectivity index (χ1v) is 12.2. The van der Waals surface area contributed by atoms with Crippen molar-refractivity contribution in [1.29, 1.82) is 0 Å².